The van der Waals surface area contributed by atoms with E-state index in [1.165, 1.54) is 18.2 Å². The summed E-state index contributed by atoms with van der Waals surface area (Å²) in [6.07, 6.45) is 0.520. The van der Waals surface area contributed by atoms with Gasteiger partial charge >= 0.3 is 0 Å². The Morgan fingerprint density at radius 1 is 1.53 bits per heavy atom. The van der Waals surface area contributed by atoms with Gasteiger partial charge in [-0.1, -0.05) is 6.92 Å². The number of hydrogen-bond acceptors (Lipinski definition) is 4. The number of halogens is 1. The third-order valence-electron chi connectivity index (χ3n) is 2.32. The van der Waals surface area contributed by atoms with Crippen molar-refractivity contribution in [2.45, 2.75) is 24.3 Å². The fourth-order valence-electron chi connectivity index (χ4n) is 1.21. The first kappa shape index (κ1) is 14.4. The van der Waals surface area contributed by atoms with Gasteiger partial charge in [-0.2, -0.15) is 0 Å². The van der Waals surface area contributed by atoms with Crippen LogP contribution in [0.2, 0.25) is 0 Å². The largest absolute Gasteiger partial charge is 0.398 e. The maximum Gasteiger partial charge on any atom is 0.240 e. The molecule has 0 aliphatic rings. The van der Waals surface area contributed by atoms with Gasteiger partial charge in [0.1, 0.15) is 0 Å². The van der Waals surface area contributed by atoms with Gasteiger partial charge in [0, 0.05) is 16.2 Å². The highest BCUT2D eigenvalue weighted by atomic mass is 79.9. The molecule has 1 atom stereocenters. The minimum absolute atomic E-state index is 0.116. The van der Waals surface area contributed by atoms with E-state index in [0.29, 0.717) is 16.6 Å². The standard InChI is InChI=1S/C10H15BrN2O3S/c1-2-7(6-14)13-17(15,16)8-3-4-10(12)9(11)5-8/h3-5,7,13-14H,2,6,12H2,1H3/t7-/m0/s1. The van der Waals surface area contributed by atoms with Crippen LogP contribution in [0.3, 0.4) is 0 Å². The van der Waals surface area contributed by atoms with Gasteiger partial charge in [0.25, 0.3) is 0 Å². The van der Waals surface area contributed by atoms with Gasteiger partial charge in [0.2, 0.25) is 10.0 Å². The maximum absolute atomic E-state index is 11.9. The molecule has 0 aromatic heterocycles. The molecule has 7 heteroatoms. The summed E-state index contributed by atoms with van der Waals surface area (Å²) in [7, 11) is -3.62. The third-order valence-corrected chi connectivity index (χ3v) is 4.52. The van der Waals surface area contributed by atoms with Crippen molar-refractivity contribution < 1.29 is 13.5 Å². The molecule has 0 heterocycles. The van der Waals surface area contributed by atoms with Gasteiger partial charge in [-0.25, -0.2) is 13.1 Å². The number of aliphatic hydroxyl groups is 1. The Balaban J connectivity index is 3.01. The number of benzene rings is 1. The van der Waals surface area contributed by atoms with Crippen molar-refractivity contribution in [3.63, 3.8) is 0 Å². The summed E-state index contributed by atoms with van der Waals surface area (Å²) in [6, 6.07) is 3.89. The highest BCUT2D eigenvalue weighted by Crippen LogP contribution is 2.23. The van der Waals surface area contributed by atoms with E-state index in [2.05, 4.69) is 20.7 Å². The van der Waals surface area contributed by atoms with Crippen LogP contribution in [-0.2, 0) is 10.0 Å². The molecule has 0 aliphatic heterocycles. The fourth-order valence-corrected chi connectivity index (χ4v) is 3.08. The van der Waals surface area contributed by atoms with Crippen LogP contribution in [0.15, 0.2) is 27.6 Å². The van der Waals surface area contributed by atoms with E-state index in [4.69, 9.17) is 10.8 Å². The minimum atomic E-state index is -3.62. The topological polar surface area (TPSA) is 92.4 Å². The average molecular weight is 323 g/mol. The predicted octanol–water partition coefficient (Wildman–Crippen LogP) is 1.08. The van der Waals surface area contributed by atoms with E-state index < -0.39 is 16.1 Å². The lowest BCUT2D eigenvalue weighted by molar-refractivity contribution is 0.254. The molecule has 17 heavy (non-hydrogen) atoms. The van der Waals surface area contributed by atoms with Crippen LogP contribution < -0.4 is 10.5 Å². The normalized spacial score (nSPS) is 13.6. The molecule has 0 radical (unpaired) electrons. The Morgan fingerprint density at radius 3 is 2.65 bits per heavy atom. The van der Waals surface area contributed by atoms with E-state index >= 15 is 0 Å². The van der Waals surface area contributed by atoms with Crippen molar-refractivity contribution in [2.75, 3.05) is 12.3 Å². The maximum atomic E-state index is 11.9. The smallest absolute Gasteiger partial charge is 0.240 e. The number of hydrogen-bond donors (Lipinski definition) is 3. The van der Waals surface area contributed by atoms with E-state index in [1.807, 2.05) is 0 Å². The molecule has 0 saturated carbocycles. The van der Waals surface area contributed by atoms with Crippen LogP contribution in [0.1, 0.15) is 13.3 Å². The number of anilines is 1. The number of rotatable bonds is 5. The van der Waals surface area contributed by atoms with E-state index in [-0.39, 0.29) is 11.5 Å². The molecule has 0 bridgehead atoms. The summed E-state index contributed by atoms with van der Waals surface area (Å²) in [5.74, 6) is 0. The molecule has 0 spiro atoms. The van der Waals surface area contributed by atoms with Crippen molar-refractivity contribution in [1.82, 2.24) is 4.72 Å². The number of nitrogen functional groups attached to an aromatic ring is 1. The molecule has 5 nitrogen and oxygen atoms in total. The summed E-state index contributed by atoms with van der Waals surface area (Å²) >= 11 is 3.17. The number of nitrogens with one attached hydrogen (secondary N) is 1. The monoisotopic (exact) mass is 322 g/mol. The Morgan fingerprint density at radius 2 is 2.18 bits per heavy atom. The number of nitrogens with two attached hydrogens (primary N) is 1. The van der Waals surface area contributed by atoms with Crippen LogP contribution >= 0.6 is 15.9 Å². The predicted molar refractivity (Wildman–Crippen MR) is 70.0 cm³/mol. The molecule has 0 unspecified atom stereocenters. The van der Waals surface area contributed by atoms with E-state index in [0.717, 1.165) is 0 Å². The second-order valence-corrected chi connectivity index (χ2v) is 6.16. The second-order valence-electron chi connectivity index (χ2n) is 3.59. The minimum Gasteiger partial charge on any atom is -0.398 e. The van der Waals surface area contributed by atoms with Gasteiger partial charge < -0.3 is 10.8 Å². The van der Waals surface area contributed by atoms with Crippen LogP contribution in [-0.4, -0.2) is 26.2 Å². The van der Waals surface area contributed by atoms with Crippen molar-refractivity contribution in [2.24, 2.45) is 0 Å². The zero-order valence-corrected chi connectivity index (χ0v) is 11.8. The summed E-state index contributed by atoms with van der Waals surface area (Å²) in [6.45, 7) is 1.56. The molecule has 1 aromatic rings. The van der Waals surface area contributed by atoms with Crippen molar-refractivity contribution in [3.05, 3.63) is 22.7 Å². The lowest BCUT2D eigenvalue weighted by atomic mass is 10.3. The van der Waals surface area contributed by atoms with Gasteiger partial charge in [-0.15, -0.1) is 0 Å². The van der Waals surface area contributed by atoms with E-state index in [9.17, 15) is 8.42 Å². The molecule has 96 valence electrons. The zero-order valence-electron chi connectivity index (χ0n) is 9.35. The van der Waals surface area contributed by atoms with Crippen LogP contribution in [0.5, 0.6) is 0 Å². The van der Waals surface area contributed by atoms with Gasteiger partial charge in [0.05, 0.1) is 11.5 Å². The Bertz CT molecular complexity index is 486. The third kappa shape index (κ3) is 3.67. The summed E-state index contributed by atoms with van der Waals surface area (Å²) in [5, 5.41) is 8.98. The summed E-state index contributed by atoms with van der Waals surface area (Å²) < 4.78 is 26.8. The molecule has 1 aromatic carbocycles. The fraction of sp³-hybridized carbons (Fsp3) is 0.400. The lowest BCUT2D eigenvalue weighted by Crippen LogP contribution is -2.36. The quantitative estimate of drug-likeness (QED) is 0.707. The lowest BCUT2D eigenvalue weighted by Gasteiger charge is -2.14. The first-order valence-corrected chi connectivity index (χ1v) is 7.36. The van der Waals surface area contributed by atoms with Gasteiger partial charge in [0.15, 0.2) is 0 Å². The van der Waals surface area contributed by atoms with Crippen molar-refractivity contribution >= 4 is 31.6 Å². The van der Waals surface area contributed by atoms with E-state index in [1.54, 1.807) is 6.92 Å². The molecule has 0 aliphatic carbocycles. The van der Waals surface area contributed by atoms with Crippen molar-refractivity contribution in [3.8, 4) is 0 Å². The summed E-state index contributed by atoms with van der Waals surface area (Å²) in [5.41, 5.74) is 6.05. The SMILES string of the molecule is CC[C@@H](CO)NS(=O)(=O)c1ccc(N)c(Br)c1. The Labute approximate surface area is 109 Å². The van der Waals surface area contributed by atoms with Crippen LogP contribution in [0, 0.1) is 0 Å². The van der Waals surface area contributed by atoms with Crippen LogP contribution in [0.25, 0.3) is 0 Å². The zero-order chi connectivity index (χ0) is 13.1. The molecule has 4 N–H and O–H groups in total. The molecule has 1 rings (SSSR count). The Hall–Kier alpha value is -0.630. The molecule has 0 saturated heterocycles. The molecular weight excluding hydrogens is 308 g/mol. The van der Waals surface area contributed by atoms with Crippen LogP contribution in [0.4, 0.5) is 5.69 Å². The molecule has 0 amide bonds. The first-order valence-electron chi connectivity index (χ1n) is 5.09. The highest BCUT2D eigenvalue weighted by molar-refractivity contribution is 9.10. The molecule has 0 fully saturated rings. The van der Waals surface area contributed by atoms with Gasteiger partial charge in [-0.3, -0.25) is 0 Å². The average Bonchev–Trinajstić information content (AvgIpc) is 2.29. The molecular formula is C10H15BrN2O3S. The number of aliphatic hydroxyl groups excluding tert-OH is 1. The van der Waals surface area contributed by atoms with Gasteiger partial charge in [-0.05, 0) is 40.5 Å². The first-order chi connectivity index (χ1) is 7.90. The number of sulfonamides is 1. The second kappa shape index (κ2) is 5.81. The van der Waals surface area contributed by atoms with Crippen molar-refractivity contribution in [1.29, 1.82) is 0 Å². The summed E-state index contributed by atoms with van der Waals surface area (Å²) in [4.78, 5) is 0.116. The Kier molecular flexibility index (Phi) is 4.93. The highest BCUT2D eigenvalue weighted by Gasteiger charge is 2.19.